The lowest BCUT2D eigenvalue weighted by atomic mass is 10.2. The zero-order chi connectivity index (χ0) is 35.2. The number of benzene rings is 1. The quantitative estimate of drug-likeness (QED) is 0.149. The fourth-order valence-electron chi connectivity index (χ4n) is 3.46. The maximum Gasteiger partial charge on any atom is 0.407 e. The Labute approximate surface area is 271 Å². The number of hydrogen-bond donors (Lipinski definition) is 6. The summed E-state index contributed by atoms with van der Waals surface area (Å²) in [5.41, 5.74) is 0.135. The molecule has 0 radical (unpaired) electrons. The molecule has 0 atom stereocenters. The number of nitriles is 1. The molecule has 0 aliphatic carbocycles. The van der Waals surface area contributed by atoms with Crippen molar-refractivity contribution in [1.29, 1.82) is 5.26 Å². The summed E-state index contributed by atoms with van der Waals surface area (Å²) in [4.78, 5) is 75.9. The molecule has 0 saturated carbocycles. The van der Waals surface area contributed by atoms with Crippen LogP contribution in [0.1, 0.15) is 48.8 Å². The number of carbonyl (C=O) groups is 6. The van der Waals surface area contributed by atoms with E-state index in [0.29, 0.717) is 5.69 Å². The molecule has 6 amide bonds. The first-order valence-electron chi connectivity index (χ1n) is 14.0. The van der Waals surface area contributed by atoms with E-state index >= 15 is 0 Å². The Bertz CT molecular complexity index is 1650. The Morgan fingerprint density at radius 3 is 1.94 bits per heavy atom. The Balaban J connectivity index is 1.63. The van der Waals surface area contributed by atoms with Gasteiger partial charge in [0.1, 0.15) is 17.4 Å². The van der Waals surface area contributed by atoms with Gasteiger partial charge in [0.25, 0.3) is 5.91 Å². The minimum Gasteiger partial charge on any atom is -0.444 e. The van der Waals surface area contributed by atoms with Crippen LogP contribution in [-0.4, -0.2) is 87.1 Å². The highest BCUT2D eigenvalue weighted by Gasteiger charge is 2.19. The predicted octanol–water partition coefficient (Wildman–Crippen LogP) is -0.511. The normalized spacial score (nSPS) is 10.9. The lowest BCUT2D eigenvalue weighted by Gasteiger charge is -2.19. The maximum atomic E-state index is 12.3. The summed E-state index contributed by atoms with van der Waals surface area (Å²) in [5.74, 6) is -3.22. The molecular formula is C29H36N8O9S. The minimum absolute atomic E-state index is 0.165. The number of ether oxygens (including phenoxy) is 1. The van der Waals surface area contributed by atoms with Crippen LogP contribution in [0.5, 0.6) is 0 Å². The average Bonchev–Trinajstić information content (AvgIpc) is 2.99. The first kappa shape index (κ1) is 37.6. The average molecular weight is 673 g/mol. The summed E-state index contributed by atoms with van der Waals surface area (Å²) in [6.07, 6.45) is 0.0690. The topological polar surface area (TPSA) is 255 Å². The third-order valence-corrected chi connectivity index (χ3v) is 6.63. The Morgan fingerprint density at radius 2 is 1.38 bits per heavy atom. The second kappa shape index (κ2) is 17.2. The van der Waals surface area contributed by atoms with E-state index in [0.717, 1.165) is 17.9 Å². The number of aromatic nitrogens is 1. The van der Waals surface area contributed by atoms with Gasteiger partial charge in [0.05, 0.1) is 25.2 Å². The van der Waals surface area contributed by atoms with Gasteiger partial charge in [-0.15, -0.1) is 0 Å². The van der Waals surface area contributed by atoms with Gasteiger partial charge in [-0.05, 0) is 50.6 Å². The number of hydrogen-bond acceptors (Lipinski definition) is 11. The van der Waals surface area contributed by atoms with Crippen molar-refractivity contribution in [3.8, 4) is 6.07 Å². The van der Waals surface area contributed by atoms with Crippen LogP contribution in [0.3, 0.4) is 0 Å². The zero-order valence-electron chi connectivity index (χ0n) is 26.2. The molecule has 0 aliphatic heterocycles. The number of alkyl carbamates (subject to hydrolysis) is 1. The summed E-state index contributed by atoms with van der Waals surface area (Å²) in [7, 11) is -3.86. The number of nitrogens with one attached hydrogen (secondary N) is 6. The highest BCUT2D eigenvalue weighted by atomic mass is 32.2. The monoisotopic (exact) mass is 672 g/mol. The fraction of sp³-hybridized carbons (Fsp3) is 0.379. The van der Waals surface area contributed by atoms with E-state index in [1.54, 1.807) is 51.1 Å². The number of anilines is 1. The fourth-order valence-corrected chi connectivity index (χ4v) is 4.24. The summed E-state index contributed by atoms with van der Waals surface area (Å²) in [6.45, 7) is 4.04. The van der Waals surface area contributed by atoms with E-state index in [2.05, 4.69) is 36.9 Å². The number of amides is 6. The zero-order valence-corrected chi connectivity index (χ0v) is 27.0. The van der Waals surface area contributed by atoms with Crippen LogP contribution in [0.2, 0.25) is 0 Å². The SMILES string of the molecule is CC(C)(C)OC(=O)NCc1ccc(NC(=O)CNC(=O)CNC(=O)CNC(=O)CCNC(=O)c2ccc(C#N)c(S(C)(=O)=O)n2)cc1. The molecule has 0 saturated heterocycles. The third kappa shape index (κ3) is 14.4. The van der Waals surface area contributed by atoms with E-state index in [-0.39, 0.29) is 37.3 Å². The Hall–Kier alpha value is -5.57. The predicted molar refractivity (Wildman–Crippen MR) is 166 cm³/mol. The largest absolute Gasteiger partial charge is 0.444 e. The summed E-state index contributed by atoms with van der Waals surface area (Å²) in [5, 5.41) is 23.0. The van der Waals surface area contributed by atoms with Gasteiger partial charge in [-0.1, -0.05) is 12.1 Å². The molecular weight excluding hydrogens is 636 g/mol. The van der Waals surface area contributed by atoms with Crippen LogP contribution in [0.25, 0.3) is 0 Å². The molecule has 17 nitrogen and oxygen atoms in total. The lowest BCUT2D eigenvalue weighted by molar-refractivity contribution is -0.128. The van der Waals surface area contributed by atoms with Crippen molar-refractivity contribution >= 4 is 51.2 Å². The van der Waals surface area contributed by atoms with E-state index in [1.807, 2.05) is 0 Å². The minimum atomic E-state index is -3.86. The van der Waals surface area contributed by atoms with Crippen LogP contribution < -0.4 is 31.9 Å². The molecule has 1 heterocycles. The smallest absolute Gasteiger partial charge is 0.407 e. The number of nitrogens with zero attached hydrogens (tertiary/aromatic N) is 2. The first-order valence-corrected chi connectivity index (χ1v) is 15.9. The van der Waals surface area contributed by atoms with Crippen molar-refractivity contribution in [2.45, 2.75) is 44.4 Å². The van der Waals surface area contributed by atoms with Crippen molar-refractivity contribution in [3.05, 3.63) is 53.2 Å². The van der Waals surface area contributed by atoms with E-state index in [9.17, 15) is 37.2 Å². The first-order chi connectivity index (χ1) is 22.0. The van der Waals surface area contributed by atoms with Crippen LogP contribution >= 0.6 is 0 Å². The number of rotatable bonds is 14. The molecule has 1 aromatic carbocycles. The maximum absolute atomic E-state index is 12.3. The Morgan fingerprint density at radius 1 is 0.809 bits per heavy atom. The van der Waals surface area contributed by atoms with Gasteiger partial charge in [-0.25, -0.2) is 18.2 Å². The summed E-state index contributed by atoms with van der Waals surface area (Å²) >= 11 is 0. The van der Waals surface area contributed by atoms with Gasteiger partial charge in [0, 0.05) is 31.5 Å². The third-order valence-electron chi connectivity index (χ3n) is 5.61. The molecule has 6 N–H and O–H groups in total. The van der Waals surface area contributed by atoms with Crippen molar-refractivity contribution in [2.24, 2.45) is 0 Å². The number of sulfone groups is 1. The molecule has 0 bridgehead atoms. The van der Waals surface area contributed by atoms with Crippen LogP contribution in [0, 0.1) is 11.3 Å². The molecule has 2 aromatic rings. The van der Waals surface area contributed by atoms with E-state index in [4.69, 9.17) is 10.00 Å². The molecule has 0 spiro atoms. The van der Waals surface area contributed by atoms with Crippen molar-refractivity contribution in [3.63, 3.8) is 0 Å². The van der Waals surface area contributed by atoms with E-state index < -0.39 is 69.2 Å². The van der Waals surface area contributed by atoms with Crippen LogP contribution in [0.4, 0.5) is 10.5 Å². The Kier molecular flexibility index (Phi) is 13.8. The standard InChI is InChI=1S/C29H36N8O9S/c1-29(2,3)46-28(43)35-14-18-5-8-20(9-6-18)36-25(41)17-34-24(40)16-33-23(39)15-32-22(38)11-12-31-26(42)21-10-7-19(13-30)27(37-21)47(4,44)45/h5-10H,11-12,14-17H2,1-4H3,(H,31,42)(H,32,38)(H,33,39)(H,34,40)(H,35,43)(H,36,41). The number of pyridine rings is 1. The second-order valence-electron chi connectivity index (χ2n) is 10.9. The van der Waals surface area contributed by atoms with Crippen molar-refractivity contribution in [2.75, 3.05) is 37.8 Å². The van der Waals surface area contributed by atoms with E-state index in [1.165, 1.54) is 6.07 Å². The molecule has 2 rings (SSSR count). The van der Waals surface area contributed by atoms with Crippen LogP contribution in [0.15, 0.2) is 41.4 Å². The number of carbonyl (C=O) groups excluding carboxylic acids is 6. The van der Waals surface area contributed by atoms with Crippen molar-refractivity contribution in [1.82, 2.24) is 31.6 Å². The summed E-state index contributed by atoms with van der Waals surface area (Å²) < 4.78 is 28.8. The summed E-state index contributed by atoms with van der Waals surface area (Å²) in [6, 6.07) is 10.6. The molecule has 1 aromatic heterocycles. The molecule has 0 fully saturated rings. The molecule has 18 heteroatoms. The second-order valence-corrected chi connectivity index (χ2v) is 12.8. The van der Waals surface area contributed by atoms with Gasteiger partial charge >= 0.3 is 6.09 Å². The van der Waals surface area contributed by atoms with Crippen LogP contribution in [-0.2, 0) is 40.3 Å². The molecule has 252 valence electrons. The van der Waals surface area contributed by atoms with Crippen molar-refractivity contribution < 1.29 is 41.9 Å². The lowest BCUT2D eigenvalue weighted by Crippen LogP contribution is -2.43. The molecule has 47 heavy (non-hydrogen) atoms. The highest BCUT2D eigenvalue weighted by Crippen LogP contribution is 2.13. The highest BCUT2D eigenvalue weighted by molar-refractivity contribution is 7.90. The molecule has 0 unspecified atom stereocenters. The van der Waals surface area contributed by atoms with Gasteiger partial charge in [-0.2, -0.15) is 5.26 Å². The van der Waals surface area contributed by atoms with Gasteiger partial charge in [-0.3, -0.25) is 24.0 Å². The van der Waals surface area contributed by atoms with Gasteiger partial charge < -0.3 is 36.6 Å². The van der Waals surface area contributed by atoms with Gasteiger partial charge in [0.15, 0.2) is 14.9 Å². The van der Waals surface area contributed by atoms with Gasteiger partial charge in [0.2, 0.25) is 23.6 Å². The molecule has 0 aliphatic rings.